The number of hydrogen-bond donors (Lipinski definition) is 0. The zero-order valence-electron chi connectivity index (χ0n) is 20.7. The lowest BCUT2D eigenvalue weighted by molar-refractivity contribution is -0.0522. The Balaban J connectivity index is 1.51. The van der Waals surface area contributed by atoms with Gasteiger partial charge in [0.1, 0.15) is 23.2 Å². The van der Waals surface area contributed by atoms with E-state index in [2.05, 4.69) is 4.74 Å². The maximum atomic E-state index is 15.2. The summed E-state index contributed by atoms with van der Waals surface area (Å²) in [6.45, 7) is -0.716. The molecule has 0 unspecified atom stereocenters. The first kappa shape index (κ1) is 27.4. The van der Waals surface area contributed by atoms with Crippen LogP contribution >= 0.6 is 0 Å². The summed E-state index contributed by atoms with van der Waals surface area (Å²) in [5, 5.41) is 0.733. The van der Waals surface area contributed by atoms with Crippen molar-refractivity contribution in [2.24, 2.45) is 0 Å². The monoisotopic (exact) mass is 532 g/mol. The molecule has 0 N–H and O–H groups in total. The highest BCUT2D eigenvalue weighted by atomic mass is 19.3. The number of rotatable bonds is 11. The molecule has 0 fully saturated rings. The molecule has 0 aliphatic heterocycles. The van der Waals surface area contributed by atoms with Gasteiger partial charge in [0.05, 0.1) is 12.2 Å². The lowest BCUT2D eigenvalue weighted by atomic mass is 9.96. The minimum Gasteiger partial charge on any atom is -0.493 e. The highest BCUT2D eigenvalue weighted by Gasteiger charge is 2.16. The molecule has 38 heavy (non-hydrogen) atoms. The van der Waals surface area contributed by atoms with E-state index in [0.717, 1.165) is 43.5 Å². The van der Waals surface area contributed by atoms with Gasteiger partial charge in [-0.25, -0.2) is 17.6 Å². The van der Waals surface area contributed by atoms with Gasteiger partial charge in [-0.2, -0.15) is 8.78 Å². The van der Waals surface area contributed by atoms with E-state index in [-0.39, 0.29) is 35.1 Å². The van der Waals surface area contributed by atoms with Crippen LogP contribution in [0.1, 0.15) is 37.3 Å². The van der Waals surface area contributed by atoms with Gasteiger partial charge in [0.15, 0.2) is 11.6 Å². The Morgan fingerprint density at radius 1 is 0.763 bits per heavy atom. The second-order valence-electron chi connectivity index (χ2n) is 8.94. The van der Waals surface area contributed by atoms with Crippen molar-refractivity contribution in [1.29, 1.82) is 0 Å². The van der Waals surface area contributed by atoms with Gasteiger partial charge in [-0.1, -0.05) is 50.1 Å². The van der Waals surface area contributed by atoms with E-state index in [9.17, 15) is 22.0 Å². The predicted molar refractivity (Wildman–Crippen MR) is 135 cm³/mol. The Bertz CT molecular complexity index is 1400. The van der Waals surface area contributed by atoms with Gasteiger partial charge in [-0.05, 0) is 59.5 Å². The zero-order valence-corrected chi connectivity index (χ0v) is 20.7. The molecule has 0 amide bonds. The molecular weight excluding hydrogens is 506 g/mol. The third-order valence-corrected chi connectivity index (χ3v) is 6.25. The summed E-state index contributed by atoms with van der Waals surface area (Å²) in [5.41, 5.74) is 0.889. The van der Waals surface area contributed by atoms with Crippen molar-refractivity contribution < 1.29 is 35.8 Å². The number of alkyl halides is 2. The molecule has 8 heteroatoms. The molecule has 0 saturated carbocycles. The average molecular weight is 533 g/mol. The standard InChI is InChI=1S/C30H26F6O2/c1-2-3-4-13-37-22-16-25(32)28(26(33)17-22)21-10-11-23-20(15-21)9-8-19(29(23)34)7-5-18-6-12-27(24(31)14-18)38-30(35)36/h6,8-12,14-17,30H,2-5,7,13H2,1H3. The fourth-order valence-corrected chi connectivity index (χ4v) is 4.31. The van der Waals surface area contributed by atoms with Crippen molar-refractivity contribution in [3.05, 3.63) is 95.1 Å². The largest absolute Gasteiger partial charge is 0.493 e. The van der Waals surface area contributed by atoms with Crippen LogP contribution in [0.3, 0.4) is 0 Å². The molecular formula is C30H26F6O2. The van der Waals surface area contributed by atoms with Crippen molar-refractivity contribution in [3.63, 3.8) is 0 Å². The molecule has 200 valence electrons. The van der Waals surface area contributed by atoms with E-state index < -0.39 is 35.6 Å². The Morgan fingerprint density at radius 2 is 1.53 bits per heavy atom. The molecule has 0 aromatic heterocycles. The van der Waals surface area contributed by atoms with Gasteiger partial charge >= 0.3 is 6.61 Å². The highest BCUT2D eigenvalue weighted by Crippen LogP contribution is 2.33. The Labute approximate surface area is 216 Å². The van der Waals surface area contributed by atoms with Crippen molar-refractivity contribution >= 4 is 10.8 Å². The second kappa shape index (κ2) is 12.2. The summed E-state index contributed by atoms with van der Waals surface area (Å²) in [7, 11) is 0. The van der Waals surface area contributed by atoms with E-state index in [0.29, 0.717) is 23.1 Å². The van der Waals surface area contributed by atoms with Crippen LogP contribution in [-0.2, 0) is 12.8 Å². The molecule has 0 spiro atoms. The summed E-state index contributed by atoms with van der Waals surface area (Å²) in [4.78, 5) is 0. The molecule has 0 atom stereocenters. The van der Waals surface area contributed by atoms with Crippen molar-refractivity contribution in [3.8, 4) is 22.6 Å². The number of benzene rings is 4. The highest BCUT2D eigenvalue weighted by molar-refractivity contribution is 5.88. The van der Waals surface area contributed by atoms with Gasteiger partial charge in [-0.15, -0.1) is 0 Å². The molecule has 4 rings (SSSR count). The van der Waals surface area contributed by atoms with Gasteiger partial charge in [0.2, 0.25) is 0 Å². The van der Waals surface area contributed by atoms with Gasteiger partial charge < -0.3 is 9.47 Å². The number of aryl methyl sites for hydroxylation is 2. The molecule has 0 heterocycles. The van der Waals surface area contributed by atoms with E-state index in [1.165, 1.54) is 24.3 Å². The first-order valence-corrected chi connectivity index (χ1v) is 12.3. The molecule has 4 aromatic rings. The molecule has 2 nitrogen and oxygen atoms in total. The molecule has 0 radical (unpaired) electrons. The minimum atomic E-state index is -3.13. The van der Waals surface area contributed by atoms with Crippen LogP contribution in [0.4, 0.5) is 26.3 Å². The quantitative estimate of drug-likeness (QED) is 0.142. The normalized spacial score (nSPS) is 11.4. The number of unbranched alkanes of at least 4 members (excludes halogenated alkanes) is 2. The van der Waals surface area contributed by atoms with Crippen molar-refractivity contribution in [2.75, 3.05) is 6.61 Å². The summed E-state index contributed by atoms with van der Waals surface area (Å²) in [6.07, 6.45) is 3.24. The summed E-state index contributed by atoms with van der Waals surface area (Å²) >= 11 is 0. The number of ether oxygens (including phenoxy) is 2. The topological polar surface area (TPSA) is 18.5 Å². The van der Waals surface area contributed by atoms with E-state index >= 15 is 4.39 Å². The fourth-order valence-electron chi connectivity index (χ4n) is 4.31. The van der Waals surface area contributed by atoms with E-state index in [4.69, 9.17) is 4.74 Å². The van der Waals surface area contributed by atoms with Gasteiger partial charge in [0.25, 0.3) is 0 Å². The lowest BCUT2D eigenvalue weighted by Gasteiger charge is -2.12. The molecule has 4 aromatic carbocycles. The molecule has 0 aliphatic rings. The van der Waals surface area contributed by atoms with Crippen LogP contribution in [0.15, 0.2) is 60.7 Å². The van der Waals surface area contributed by atoms with Crippen molar-refractivity contribution in [2.45, 2.75) is 45.6 Å². The summed E-state index contributed by atoms with van der Waals surface area (Å²) < 4.78 is 93.0. The van der Waals surface area contributed by atoms with Gasteiger partial charge in [0, 0.05) is 17.5 Å². The second-order valence-corrected chi connectivity index (χ2v) is 8.94. The fraction of sp³-hybridized carbons (Fsp3) is 0.267. The number of fused-ring (bicyclic) bond motifs is 1. The summed E-state index contributed by atoms with van der Waals surface area (Å²) in [6, 6.07) is 13.6. The molecule has 0 aliphatic carbocycles. The molecule has 0 bridgehead atoms. The minimum absolute atomic E-state index is 0.118. The van der Waals surface area contributed by atoms with Crippen molar-refractivity contribution in [1.82, 2.24) is 0 Å². The van der Waals surface area contributed by atoms with Crippen LogP contribution in [-0.4, -0.2) is 13.2 Å². The number of halogens is 6. The first-order valence-electron chi connectivity index (χ1n) is 12.3. The Hall–Kier alpha value is -3.68. The summed E-state index contributed by atoms with van der Waals surface area (Å²) in [5.74, 6) is -3.41. The predicted octanol–water partition coefficient (Wildman–Crippen LogP) is 9.02. The van der Waals surface area contributed by atoms with Crippen LogP contribution in [0.2, 0.25) is 0 Å². The zero-order chi connectivity index (χ0) is 27.2. The third kappa shape index (κ3) is 6.41. The number of hydrogen-bond acceptors (Lipinski definition) is 2. The first-order chi connectivity index (χ1) is 18.3. The van der Waals surface area contributed by atoms with Gasteiger partial charge in [-0.3, -0.25) is 0 Å². The smallest absolute Gasteiger partial charge is 0.387 e. The maximum absolute atomic E-state index is 15.2. The molecule has 0 saturated heterocycles. The van der Waals surface area contributed by atoms with Crippen LogP contribution in [0, 0.1) is 23.3 Å². The Morgan fingerprint density at radius 3 is 2.21 bits per heavy atom. The van der Waals surface area contributed by atoms with E-state index in [1.807, 2.05) is 6.92 Å². The van der Waals surface area contributed by atoms with E-state index in [1.54, 1.807) is 12.1 Å². The average Bonchev–Trinajstić information content (AvgIpc) is 2.87. The SMILES string of the molecule is CCCCCOc1cc(F)c(-c2ccc3c(F)c(CCc4ccc(OC(F)F)c(F)c4)ccc3c2)c(F)c1. The maximum Gasteiger partial charge on any atom is 0.387 e. The van der Waals surface area contributed by atoms with Crippen LogP contribution in [0.25, 0.3) is 21.9 Å². The lowest BCUT2D eigenvalue weighted by Crippen LogP contribution is -2.04. The van der Waals surface area contributed by atoms with Crippen LogP contribution in [0.5, 0.6) is 11.5 Å². The van der Waals surface area contributed by atoms with Crippen LogP contribution < -0.4 is 9.47 Å². The Kier molecular flexibility index (Phi) is 8.81. The third-order valence-electron chi connectivity index (χ3n) is 6.25.